The van der Waals surface area contributed by atoms with Crippen LogP contribution >= 0.6 is 11.6 Å². The molecular formula is C15H17ClFN3. The van der Waals surface area contributed by atoms with E-state index in [4.69, 9.17) is 11.6 Å². The molecule has 1 aliphatic rings. The Morgan fingerprint density at radius 1 is 1.40 bits per heavy atom. The van der Waals surface area contributed by atoms with Crippen molar-refractivity contribution in [2.24, 2.45) is 0 Å². The zero-order valence-corrected chi connectivity index (χ0v) is 11.9. The molecule has 5 heteroatoms. The number of nitrogens with zero attached hydrogens (tertiary/aromatic N) is 2. The highest BCUT2D eigenvalue weighted by atomic mass is 35.5. The van der Waals surface area contributed by atoms with E-state index in [9.17, 15) is 4.39 Å². The molecule has 1 aliphatic carbocycles. The fourth-order valence-electron chi connectivity index (χ4n) is 2.14. The van der Waals surface area contributed by atoms with Crippen LogP contribution in [0.1, 0.15) is 24.8 Å². The van der Waals surface area contributed by atoms with Gasteiger partial charge in [0.15, 0.2) is 0 Å². The lowest BCUT2D eigenvalue weighted by Gasteiger charge is -2.02. The largest absolute Gasteiger partial charge is 0.314 e. The first-order chi connectivity index (χ1) is 9.72. The summed E-state index contributed by atoms with van der Waals surface area (Å²) in [6.45, 7) is 1.05. The molecule has 106 valence electrons. The molecule has 1 heterocycles. The molecule has 1 saturated carbocycles. The van der Waals surface area contributed by atoms with Gasteiger partial charge in [0, 0.05) is 18.3 Å². The normalized spacial score (nSPS) is 14.7. The van der Waals surface area contributed by atoms with Gasteiger partial charge in [-0.25, -0.2) is 9.07 Å². The summed E-state index contributed by atoms with van der Waals surface area (Å²) in [5, 5.41) is 7.89. The maximum absolute atomic E-state index is 13.4. The summed E-state index contributed by atoms with van der Waals surface area (Å²) >= 11 is 5.68. The third kappa shape index (κ3) is 3.38. The van der Waals surface area contributed by atoms with Crippen LogP contribution in [0.3, 0.4) is 0 Å². The first-order valence-corrected chi connectivity index (χ1v) is 7.32. The van der Waals surface area contributed by atoms with Crippen LogP contribution in [-0.2, 0) is 6.42 Å². The Labute approximate surface area is 122 Å². The van der Waals surface area contributed by atoms with Gasteiger partial charge in [-0.15, -0.1) is 0 Å². The minimum atomic E-state index is -0.421. The van der Waals surface area contributed by atoms with E-state index in [1.54, 1.807) is 16.8 Å². The lowest BCUT2D eigenvalue weighted by molar-refractivity contribution is 0.626. The molecule has 0 atom stereocenters. The summed E-state index contributed by atoms with van der Waals surface area (Å²) in [6.07, 6.45) is 8.50. The fraction of sp³-hybridized carbons (Fsp3) is 0.400. The van der Waals surface area contributed by atoms with Gasteiger partial charge in [-0.3, -0.25) is 0 Å². The molecule has 3 nitrogen and oxygen atoms in total. The highest BCUT2D eigenvalue weighted by Gasteiger charge is 2.19. The van der Waals surface area contributed by atoms with Gasteiger partial charge in [0.05, 0.1) is 16.9 Å². The average molecular weight is 294 g/mol. The zero-order valence-electron chi connectivity index (χ0n) is 11.1. The van der Waals surface area contributed by atoms with Crippen LogP contribution in [0.2, 0.25) is 5.02 Å². The second-order valence-corrected chi connectivity index (χ2v) is 5.63. The van der Waals surface area contributed by atoms with Crippen molar-refractivity contribution in [3.8, 4) is 5.69 Å². The molecule has 0 spiro atoms. The van der Waals surface area contributed by atoms with E-state index in [-0.39, 0.29) is 5.02 Å². The van der Waals surface area contributed by atoms with E-state index in [0.717, 1.165) is 31.0 Å². The van der Waals surface area contributed by atoms with Crippen molar-refractivity contribution in [2.75, 3.05) is 6.54 Å². The highest BCUT2D eigenvalue weighted by molar-refractivity contribution is 6.30. The molecule has 1 aromatic heterocycles. The fourth-order valence-corrected chi connectivity index (χ4v) is 2.26. The number of hydrogen-bond acceptors (Lipinski definition) is 2. The highest BCUT2D eigenvalue weighted by Crippen LogP contribution is 2.19. The SMILES string of the molecule is Fc1cc(-n2cc(CCCNC3CC3)cn2)ccc1Cl. The van der Waals surface area contributed by atoms with E-state index in [1.165, 1.54) is 18.9 Å². The standard InChI is InChI=1S/C15H17ClFN3/c16-14-6-5-13(8-15(14)17)20-10-11(9-19-20)2-1-7-18-12-3-4-12/h5-6,8-10,12,18H,1-4,7H2. The lowest BCUT2D eigenvalue weighted by Crippen LogP contribution is -2.17. The molecule has 1 N–H and O–H groups in total. The maximum Gasteiger partial charge on any atom is 0.143 e. The molecule has 0 amide bonds. The number of aryl methyl sites for hydroxylation is 1. The number of aromatic nitrogens is 2. The van der Waals surface area contributed by atoms with Crippen LogP contribution in [0.25, 0.3) is 5.69 Å². The first kappa shape index (κ1) is 13.6. The molecular weight excluding hydrogens is 277 g/mol. The summed E-state index contributed by atoms with van der Waals surface area (Å²) in [5.74, 6) is -0.421. The van der Waals surface area contributed by atoms with E-state index in [2.05, 4.69) is 10.4 Å². The van der Waals surface area contributed by atoms with Crippen molar-refractivity contribution in [1.29, 1.82) is 0 Å². The van der Waals surface area contributed by atoms with Gasteiger partial charge in [-0.05, 0) is 49.9 Å². The number of hydrogen-bond donors (Lipinski definition) is 1. The molecule has 3 rings (SSSR count). The van der Waals surface area contributed by atoms with E-state index >= 15 is 0 Å². The molecule has 1 aromatic carbocycles. The van der Waals surface area contributed by atoms with Crippen molar-refractivity contribution >= 4 is 11.6 Å². The molecule has 1 fully saturated rings. The van der Waals surface area contributed by atoms with Gasteiger partial charge in [-0.2, -0.15) is 5.10 Å². The molecule has 0 radical (unpaired) electrons. The third-order valence-electron chi connectivity index (χ3n) is 3.46. The van der Waals surface area contributed by atoms with Crippen molar-refractivity contribution in [3.63, 3.8) is 0 Å². The van der Waals surface area contributed by atoms with Crippen molar-refractivity contribution < 1.29 is 4.39 Å². The van der Waals surface area contributed by atoms with Gasteiger partial charge >= 0.3 is 0 Å². The van der Waals surface area contributed by atoms with Crippen LogP contribution in [0, 0.1) is 5.82 Å². The lowest BCUT2D eigenvalue weighted by atomic mass is 10.2. The zero-order chi connectivity index (χ0) is 13.9. The topological polar surface area (TPSA) is 29.9 Å². The minimum absolute atomic E-state index is 0.132. The Morgan fingerprint density at radius 2 is 2.25 bits per heavy atom. The van der Waals surface area contributed by atoms with Gasteiger partial charge in [-0.1, -0.05) is 11.6 Å². The summed E-state index contributed by atoms with van der Waals surface area (Å²) < 4.78 is 15.1. The van der Waals surface area contributed by atoms with Gasteiger partial charge in [0.2, 0.25) is 0 Å². The number of halogens is 2. The summed E-state index contributed by atoms with van der Waals surface area (Å²) in [7, 11) is 0. The average Bonchev–Trinajstić information content (AvgIpc) is 3.15. The smallest absolute Gasteiger partial charge is 0.143 e. The molecule has 20 heavy (non-hydrogen) atoms. The molecule has 0 aliphatic heterocycles. The second kappa shape index (κ2) is 5.94. The Kier molecular flexibility index (Phi) is 4.03. The van der Waals surface area contributed by atoms with E-state index in [1.807, 2.05) is 12.4 Å². The third-order valence-corrected chi connectivity index (χ3v) is 3.76. The summed E-state index contributed by atoms with van der Waals surface area (Å²) in [4.78, 5) is 0. The van der Waals surface area contributed by atoms with Crippen molar-refractivity contribution in [1.82, 2.24) is 15.1 Å². The Balaban J connectivity index is 1.58. The molecule has 2 aromatic rings. The number of benzene rings is 1. The van der Waals surface area contributed by atoms with E-state index in [0.29, 0.717) is 5.69 Å². The van der Waals surface area contributed by atoms with Crippen LogP contribution < -0.4 is 5.32 Å². The number of nitrogens with one attached hydrogen (secondary N) is 1. The van der Waals surface area contributed by atoms with Crippen molar-refractivity contribution in [2.45, 2.75) is 31.7 Å². The van der Waals surface area contributed by atoms with Crippen LogP contribution in [0.5, 0.6) is 0 Å². The quantitative estimate of drug-likeness (QED) is 0.828. The van der Waals surface area contributed by atoms with E-state index < -0.39 is 5.82 Å². The number of rotatable bonds is 6. The monoisotopic (exact) mass is 293 g/mol. The van der Waals surface area contributed by atoms with Gasteiger partial charge in [0.25, 0.3) is 0 Å². The predicted molar refractivity (Wildman–Crippen MR) is 77.9 cm³/mol. The van der Waals surface area contributed by atoms with Crippen LogP contribution in [0.4, 0.5) is 4.39 Å². The Hall–Kier alpha value is -1.39. The molecule has 0 bridgehead atoms. The Bertz CT molecular complexity index is 593. The first-order valence-electron chi connectivity index (χ1n) is 6.95. The summed E-state index contributed by atoms with van der Waals surface area (Å²) in [6, 6.07) is 5.47. The predicted octanol–water partition coefficient (Wildman–Crippen LogP) is 3.35. The molecule has 0 unspecified atom stereocenters. The minimum Gasteiger partial charge on any atom is -0.314 e. The maximum atomic E-state index is 13.4. The second-order valence-electron chi connectivity index (χ2n) is 5.22. The van der Waals surface area contributed by atoms with Crippen molar-refractivity contribution in [3.05, 3.63) is 47.0 Å². The van der Waals surface area contributed by atoms with Gasteiger partial charge < -0.3 is 5.32 Å². The molecule has 0 saturated heterocycles. The summed E-state index contributed by atoms with van der Waals surface area (Å²) in [5.41, 5.74) is 1.85. The van der Waals surface area contributed by atoms with Gasteiger partial charge in [0.1, 0.15) is 5.82 Å². The Morgan fingerprint density at radius 3 is 3.00 bits per heavy atom. The van der Waals surface area contributed by atoms with Crippen LogP contribution in [-0.4, -0.2) is 22.4 Å². The van der Waals surface area contributed by atoms with Crippen LogP contribution in [0.15, 0.2) is 30.6 Å².